The number of carbonyl (C=O) groups excluding carboxylic acids is 1. The van der Waals surface area contributed by atoms with Gasteiger partial charge in [-0.1, -0.05) is 6.92 Å². The molecule has 2 aliphatic heterocycles. The summed E-state index contributed by atoms with van der Waals surface area (Å²) in [5.41, 5.74) is -0.0165. The van der Waals surface area contributed by atoms with E-state index < -0.39 is 0 Å². The fourth-order valence-corrected chi connectivity index (χ4v) is 4.34. The lowest BCUT2D eigenvalue weighted by Crippen LogP contribution is -2.46. The van der Waals surface area contributed by atoms with E-state index in [2.05, 4.69) is 0 Å². The molecule has 4 bridgehead atoms. The smallest absolute Gasteiger partial charge is 0.309 e. The molecule has 0 aromatic carbocycles. The zero-order valence-corrected chi connectivity index (χ0v) is 9.82. The molecular weight excluding hydrogens is 204 g/mol. The van der Waals surface area contributed by atoms with E-state index in [1.165, 1.54) is 0 Å². The summed E-state index contributed by atoms with van der Waals surface area (Å²) in [7, 11) is 0. The topological polar surface area (TPSA) is 46.5 Å². The molecule has 90 valence electrons. The average molecular weight is 224 g/mol. The number of aliphatic hydroxyl groups excluding tert-OH is 1. The van der Waals surface area contributed by atoms with Crippen LogP contribution in [-0.2, 0) is 9.53 Å². The molecule has 4 rings (SSSR count). The first kappa shape index (κ1) is 10.6. The van der Waals surface area contributed by atoms with Crippen molar-refractivity contribution < 1.29 is 14.6 Å². The lowest BCUT2D eigenvalue weighted by atomic mass is 9.56. The molecule has 3 nitrogen and oxygen atoms in total. The van der Waals surface area contributed by atoms with Gasteiger partial charge in [0.1, 0.15) is 6.10 Å². The molecule has 2 aliphatic carbocycles. The molecule has 2 heterocycles. The van der Waals surface area contributed by atoms with E-state index in [1.807, 2.05) is 6.92 Å². The standard InChI is InChI=1S/C13H20O3/c1-2-11(14)13-5-8-3-9(6-13)12(15)16-10(4-8)7-13/h8-11,14H,2-7H2,1H3. The van der Waals surface area contributed by atoms with Crippen molar-refractivity contribution in [1.29, 1.82) is 0 Å². The number of hydrogen-bond acceptors (Lipinski definition) is 3. The maximum absolute atomic E-state index is 11.8. The second-order valence-electron chi connectivity index (χ2n) is 5.99. The molecule has 3 heteroatoms. The third kappa shape index (κ3) is 1.41. The van der Waals surface area contributed by atoms with E-state index in [0.717, 1.165) is 38.5 Å². The highest BCUT2D eigenvalue weighted by Crippen LogP contribution is 2.56. The molecule has 2 saturated carbocycles. The van der Waals surface area contributed by atoms with Gasteiger partial charge in [-0.3, -0.25) is 4.79 Å². The highest BCUT2D eigenvalue weighted by atomic mass is 16.5. The Hall–Kier alpha value is -0.570. The summed E-state index contributed by atoms with van der Waals surface area (Å²) in [4.78, 5) is 11.8. The van der Waals surface area contributed by atoms with Crippen LogP contribution in [0.1, 0.15) is 45.4 Å². The molecule has 0 amide bonds. The van der Waals surface area contributed by atoms with E-state index >= 15 is 0 Å². The monoisotopic (exact) mass is 224 g/mol. The van der Waals surface area contributed by atoms with Crippen molar-refractivity contribution in [1.82, 2.24) is 0 Å². The predicted octanol–water partition coefficient (Wildman–Crippen LogP) is 1.88. The number of ether oxygens (including phenoxy) is 1. The van der Waals surface area contributed by atoms with Crippen LogP contribution in [0.2, 0.25) is 0 Å². The van der Waals surface area contributed by atoms with Gasteiger partial charge < -0.3 is 9.84 Å². The van der Waals surface area contributed by atoms with Crippen LogP contribution >= 0.6 is 0 Å². The summed E-state index contributed by atoms with van der Waals surface area (Å²) in [5, 5.41) is 10.3. The largest absolute Gasteiger partial charge is 0.462 e. The Kier molecular flexibility index (Phi) is 2.29. The summed E-state index contributed by atoms with van der Waals surface area (Å²) in [6, 6.07) is 0. The summed E-state index contributed by atoms with van der Waals surface area (Å²) >= 11 is 0. The van der Waals surface area contributed by atoms with Crippen molar-refractivity contribution in [2.24, 2.45) is 17.3 Å². The molecule has 16 heavy (non-hydrogen) atoms. The first-order valence-corrected chi connectivity index (χ1v) is 6.51. The van der Waals surface area contributed by atoms with Crippen LogP contribution in [0.4, 0.5) is 0 Å². The highest BCUT2D eigenvalue weighted by molar-refractivity contribution is 5.73. The highest BCUT2D eigenvalue weighted by Gasteiger charge is 2.54. The summed E-state index contributed by atoms with van der Waals surface area (Å²) in [5.74, 6) is 0.662. The van der Waals surface area contributed by atoms with Crippen LogP contribution < -0.4 is 0 Å². The molecule has 1 N–H and O–H groups in total. The Morgan fingerprint density at radius 2 is 2.25 bits per heavy atom. The molecule has 4 aliphatic rings. The van der Waals surface area contributed by atoms with Crippen LogP contribution in [0.15, 0.2) is 0 Å². The van der Waals surface area contributed by atoms with Gasteiger partial charge >= 0.3 is 5.97 Å². The zero-order chi connectivity index (χ0) is 11.3. The lowest BCUT2D eigenvalue weighted by molar-refractivity contribution is -0.151. The van der Waals surface area contributed by atoms with Gasteiger partial charge in [0, 0.05) is 5.41 Å². The number of rotatable bonds is 2. The predicted molar refractivity (Wildman–Crippen MR) is 58.7 cm³/mol. The lowest BCUT2D eigenvalue weighted by Gasteiger charge is -2.48. The van der Waals surface area contributed by atoms with Crippen LogP contribution in [0, 0.1) is 17.3 Å². The van der Waals surface area contributed by atoms with Crippen LogP contribution in [0.5, 0.6) is 0 Å². The Balaban J connectivity index is 1.95. The molecule has 0 aromatic rings. The Labute approximate surface area is 96.2 Å². The Morgan fingerprint density at radius 3 is 3.00 bits per heavy atom. The van der Waals surface area contributed by atoms with Gasteiger partial charge in [0.15, 0.2) is 0 Å². The molecule has 0 spiro atoms. The minimum atomic E-state index is -0.255. The van der Waals surface area contributed by atoms with Crippen LogP contribution in [-0.4, -0.2) is 23.3 Å². The summed E-state index contributed by atoms with van der Waals surface area (Å²) in [6.45, 7) is 2.03. The second kappa shape index (κ2) is 3.46. The van der Waals surface area contributed by atoms with Crippen molar-refractivity contribution >= 4 is 5.97 Å². The third-order valence-corrected chi connectivity index (χ3v) is 4.91. The molecule has 0 aromatic heterocycles. The SMILES string of the molecule is CCC(O)C12CC3CC(C1)OC(=O)C(C3)C2. The van der Waals surface area contributed by atoms with Gasteiger partial charge in [-0.2, -0.15) is 0 Å². The van der Waals surface area contributed by atoms with Gasteiger partial charge in [-0.05, 0) is 44.4 Å². The first-order valence-electron chi connectivity index (χ1n) is 6.51. The van der Waals surface area contributed by atoms with Crippen LogP contribution in [0.25, 0.3) is 0 Å². The van der Waals surface area contributed by atoms with Crippen molar-refractivity contribution in [3.8, 4) is 0 Å². The van der Waals surface area contributed by atoms with E-state index in [-0.39, 0.29) is 29.5 Å². The van der Waals surface area contributed by atoms with E-state index in [9.17, 15) is 9.90 Å². The Morgan fingerprint density at radius 1 is 1.44 bits per heavy atom. The number of fused-ring (bicyclic) bond motifs is 1. The number of hydrogen-bond donors (Lipinski definition) is 1. The summed E-state index contributed by atoms with van der Waals surface area (Å²) < 4.78 is 5.51. The normalized spacial score (nSPS) is 47.6. The minimum Gasteiger partial charge on any atom is -0.462 e. The fourth-order valence-electron chi connectivity index (χ4n) is 4.34. The fraction of sp³-hybridized carbons (Fsp3) is 0.923. The van der Waals surface area contributed by atoms with Crippen molar-refractivity contribution in [3.63, 3.8) is 0 Å². The molecule has 0 radical (unpaired) electrons. The van der Waals surface area contributed by atoms with E-state index in [1.54, 1.807) is 0 Å². The first-order chi connectivity index (χ1) is 7.63. The quantitative estimate of drug-likeness (QED) is 0.728. The van der Waals surface area contributed by atoms with E-state index in [4.69, 9.17) is 4.74 Å². The average Bonchev–Trinajstić information content (AvgIpc) is 2.41. The third-order valence-electron chi connectivity index (χ3n) is 4.91. The summed E-state index contributed by atoms with van der Waals surface area (Å²) in [6.07, 6.45) is 5.49. The second-order valence-corrected chi connectivity index (χ2v) is 5.99. The maximum Gasteiger partial charge on any atom is 0.309 e. The molecular formula is C13H20O3. The molecule has 5 unspecified atom stereocenters. The van der Waals surface area contributed by atoms with Crippen molar-refractivity contribution in [2.45, 2.75) is 57.7 Å². The number of aliphatic hydroxyl groups is 1. The molecule has 2 saturated heterocycles. The Bertz CT molecular complexity index is 314. The van der Waals surface area contributed by atoms with Crippen molar-refractivity contribution in [2.75, 3.05) is 0 Å². The molecule has 5 atom stereocenters. The van der Waals surface area contributed by atoms with Gasteiger partial charge in [0.05, 0.1) is 12.0 Å². The zero-order valence-electron chi connectivity index (χ0n) is 9.82. The van der Waals surface area contributed by atoms with Gasteiger partial charge in [0.25, 0.3) is 0 Å². The van der Waals surface area contributed by atoms with Gasteiger partial charge in [-0.25, -0.2) is 0 Å². The number of esters is 1. The van der Waals surface area contributed by atoms with Gasteiger partial charge in [0.2, 0.25) is 0 Å². The van der Waals surface area contributed by atoms with Gasteiger partial charge in [-0.15, -0.1) is 0 Å². The molecule has 4 fully saturated rings. The van der Waals surface area contributed by atoms with Crippen molar-refractivity contribution in [3.05, 3.63) is 0 Å². The minimum absolute atomic E-state index is 0.00243. The maximum atomic E-state index is 11.8. The van der Waals surface area contributed by atoms with E-state index in [0.29, 0.717) is 5.92 Å². The van der Waals surface area contributed by atoms with Crippen LogP contribution in [0.3, 0.4) is 0 Å². The number of carbonyl (C=O) groups is 1.